The molecule has 0 saturated heterocycles. The predicted octanol–water partition coefficient (Wildman–Crippen LogP) is 2.69. The molecular weight excluding hydrogens is 262 g/mol. The van der Waals surface area contributed by atoms with E-state index in [9.17, 15) is 0 Å². The van der Waals surface area contributed by atoms with Crippen molar-refractivity contribution in [2.45, 2.75) is 39.2 Å². The van der Waals surface area contributed by atoms with Crippen LogP contribution in [0.15, 0.2) is 29.3 Å². The average Bonchev–Trinajstić information content (AvgIpc) is 2.91. The van der Waals surface area contributed by atoms with Crippen molar-refractivity contribution < 1.29 is 4.74 Å². The number of nitrogens with zero attached hydrogens (tertiary/aromatic N) is 2. The highest BCUT2D eigenvalue weighted by atomic mass is 16.5. The molecule has 2 rings (SSSR count). The van der Waals surface area contributed by atoms with Crippen LogP contribution in [0, 0.1) is 0 Å². The molecule has 1 aliphatic heterocycles. The Bertz CT molecular complexity index is 448. The summed E-state index contributed by atoms with van der Waals surface area (Å²) >= 11 is 0. The standard InChI is InChI=1S/C17H27N3O/c1-4-6-11-20(3)17(18-5-2)19-13-15-12-14-9-7-8-10-16(14)21-15/h7-10,15H,4-6,11-13H2,1-3H3,(H,18,19). The summed E-state index contributed by atoms with van der Waals surface area (Å²) < 4.78 is 5.94. The van der Waals surface area contributed by atoms with Gasteiger partial charge in [0.25, 0.3) is 0 Å². The summed E-state index contributed by atoms with van der Waals surface area (Å²) in [7, 11) is 2.10. The highest BCUT2D eigenvalue weighted by molar-refractivity contribution is 5.79. The number of unbranched alkanes of at least 4 members (excludes halogenated alkanes) is 1. The molecule has 116 valence electrons. The number of benzene rings is 1. The van der Waals surface area contributed by atoms with Gasteiger partial charge in [0.1, 0.15) is 11.9 Å². The quantitative estimate of drug-likeness (QED) is 0.646. The summed E-state index contributed by atoms with van der Waals surface area (Å²) in [6, 6.07) is 8.26. The van der Waals surface area contributed by atoms with Crippen LogP contribution in [0.3, 0.4) is 0 Å². The van der Waals surface area contributed by atoms with Crippen LogP contribution in [0.2, 0.25) is 0 Å². The Balaban J connectivity index is 1.91. The van der Waals surface area contributed by atoms with Gasteiger partial charge in [0.15, 0.2) is 5.96 Å². The van der Waals surface area contributed by atoms with Crippen LogP contribution in [0.1, 0.15) is 32.3 Å². The summed E-state index contributed by atoms with van der Waals surface area (Å²) in [6.45, 7) is 6.94. The van der Waals surface area contributed by atoms with Crippen LogP contribution < -0.4 is 10.1 Å². The molecular formula is C17H27N3O. The number of nitrogens with one attached hydrogen (secondary N) is 1. The molecule has 4 nitrogen and oxygen atoms in total. The fourth-order valence-electron chi connectivity index (χ4n) is 2.51. The fourth-order valence-corrected chi connectivity index (χ4v) is 2.51. The molecule has 1 unspecified atom stereocenters. The zero-order valence-electron chi connectivity index (χ0n) is 13.4. The van der Waals surface area contributed by atoms with Gasteiger partial charge in [-0.15, -0.1) is 0 Å². The fraction of sp³-hybridized carbons (Fsp3) is 0.588. The summed E-state index contributed by atoms with van der Waals surface area (Å²) in [5.41, 5.74) is 1.29. The van der Waals surface area contributed by atoms with Crippen molar-refractivity contribution in [3.05, 3.63) is 29.8 Å². The molecule has 0 amide bonds. The number of hydrogen-bond donors (Lipinski definition) is 1. The van der Waals surface area contributed by atoms with Gasteiger partial charge in [-0.1, -0.05) is 31.5 Å². The third kappa shape index (κ3) is 4.38. The maximum absolute atomic E-state index is 5.94. The summed E-state index contributed by atoms with van der Waals surface area (Å²) in [5.74, 6) is 1.99. The van der Waals surface area contributed by atoms with Gasteiger partial charge in [-0.05, 0) is 25.0 Å². The molecule has 1 N–H and O–H groups in total. The van der Waals surface area contributed by atoms with Gasteiger partial charge in [0, 0.05) is 26.6 Å². The van der Waals surface area contributed by atoms with E-state index in [4.69, 9.17) is 9.73 Å². The molecule has 1 aromatic rings. The van der Waals surface area contributed by atoms with Gasteiger partial charge in [0.2, 0.25) is 0 Å². The second-order valence-electron chi connectivity index (χ2n) is 5.52. The molecule has 0 radical (unpaired) electrons. The van der Waals surface area contributed by atoms with Crippen molar-refractivity contribution >= 4 is 5.96 Å². The Hall–Kier alpha value is -1.71. The number of ether oxygens (including phenoxy) is 1. The van der Waals surface area contributed by atoms with Gasteiger partial charge in [0.05, 0.1) is 6.54 Å². The minimum absolute atomic E-state index is 0.163. The van der Waals surface area contributed by atoms with Gasteiger partial charge >= 0.3 is 0 Å². The molecule has 1 aromatic carbocycles. The molecule has 21 heavy (non-hydrogen) atoms. The number of guanidine groups is 1. The Morgan fingerprint density at radius 3 is 2.90 bits per heavy atom. The topological polar surface area (TPSA) is 36.9 Å². The van der Waals surface area contributed by atoms with Crippen LogP contribution >= 0.6 is 0 Å². The van der Waals surface area contributed by atoms with Crippen molar-refractivity contribution in [2.24, 2.45) is 4.99 Å². The predicted molar refractivity (Wildman–Crippen MR) is 88.1 cm³/mol. The molecule has 0 saturated carbocycles. The van der Waals surface area contributed by atoms with E-state index in [-0.39, 0.29) is 6.10 Å². The maximum atomic E-state index is 5.94. The second-order valence-corrected chi connectivity index (χ2v) is 5.52. The third-order valence-electron chi connectivity index (χ3n) is 3.70. The lowest BCUT2D eigenvalue weighted by Crippen LogP contribution is -2.40. The summed E-state index contributed by atoms with van der Waals surface area (Å²) in [4.78, 5) is 6.94. The van der Waals surface area contributed by atoms with E-state index in [0.717, 1.165) is 31.2 Å². The van der Waals surface area contributed by atoms with E-state index in [1.165, 1.54) is 18.4 Å². The Labute approximate surface area is 128 Å². The van der Waals surface area contributed by atoms with Crippen LogP contribution in [0.25, 0.3) is 0 Å². The average molecular weight is 289 g/mol. The zero-order chi connectivity index (χ0) is 15.1. The number of fused-ring (bicyclic) bond motifs is 1. The minimum Gasteiger partial charge on any atom is -0.488 e. The van der Waals surface area contributed by atoms with Crippen molar-refractivity contribution in [2.75, 3.05) is 26.7 Å². The second kappa shape index (κ2) is 7.91. The molecule has 1 atom stereocenters. The highest BCUT2D eigenvalue weighted by Gasteiger charge is 2.22. The highest BCUT2D eigenvalue weighted by Crippen LogP contribution is 2.28. The van der Waals surface area contributed by atoms with Crippen molar-refractivity contribution in [3.63, 3.8) is 0 Å². The molecule has 1 heterocycles. The van der Waals surface area contributed by atoms with Crippen LogP contribution in [-0.4, -0.2) is 43.6 Å². The lowest BCUT2D eigenvalue weighted by Gasteiger charge is -2.22. The summed E-state index contributed by atoms with van der Waals surface area (Å²) in [5, 5.41) is 3.36. The van der Waals surface area contributed by atoms with Crippen LogP contribution in [0.5, 0.6) is 5.75 Å². The molecule has 0 aliphatic carbocycles. The Morgan fingerprint density at radius 1 is 1.38 bits per heavy atom. The first-order valence-electron chi connectivity index (χ1n) is 7.98. The molecule has 1 aliphatic rings. The van der Waals surface area contributed by atoms with Crippen molar-refractivity contribution in [1.29, 1.82) is 0 Å². The van der Waals surface area contributed by atoms with E-state index < -0.39 is 0 Å². The lowest BCUT2D eigenvalue weighted by molar-refractivity contribution is 0.241. The van der Waals surface area contributed by atoms with E-state index >= 15 is 0 Å². The minimum atomic E-state index is 0.163. The monoisotopic (exact) mass is 289 g/mol. The van der Waals surface area contributed by atoms with Gasteiger partial charge in [-0.3, -0.25) is 0 Å². The maximum Gasteiger partial charge on any atom is 0.193 e. The largest absolute Gasteiger partial charge is 0.488 e. The van der Waals surface area contributed by atoms with Crippen LogP contribution in [-0.2, 0) is 6.42 Å². The first-order chi connectivity index (χ1) is 10.2. The lowest BCUT2D eigenvalue weighted by atomic mass is 10.1. The van der Waals surface area contributed by atoms with E-state index in [1.54, 1.807) is 0 Å². The molecule has 0 bridgehead atoms. The smallest absolute Gasteiger partial charge is 0.193 e. The van der Waals surface area contributed by atoms with Crippen molar-refractivity contribution in [1.82, 2.24) is 10.2 Å². The number of para-hydroxylation sites is 1. The summed E-state index contributed by atoms with van der Waals surface area (Å²) in [6.07, 6.45) is 3.50. The SMILES string of the molecule is CCCCN(C)C(=NCC1Cc2ccccc2O1)NCC. The van der Waals surface area contributed by atoms with E-state index in [1.807, 2.05) is 12.1 Å². The first kappa shape index (κ1) is 15.7. The first-order valence-corrected chi connectivity index (χ1v) is 7.98. The van der Waals surface area contributed by atoms with Crippen molar-refractivity contribution in [3.8, 4) is 5.75 Å². The van der Waals surface area contributed by atoms with Gasteiger partial charge < -0.3 is 15.0 Å². The van der Waals surface area contributed by atoms with Gasteiger partial charge in [-0.2, -0.15) is 0 Å². The van der Waals surface area contributed by atoms with Crippen LogP contribution in [0.4, 0.5) is 0 Å². The molecule has 0 aromatic heterocycles. The van der Waals surface area contributed by atoms with E-state index in [2.05, 4.69) is 43.2 Å². The molecule has 4 heteroatoms. The molecule has 0 spiro atoms. The third-order valence-corrected chi connectivity index (χ3v) is 3.70. The molecule has 0 fully saturated rings. The number of hydrogen-bond acceptors (Lipinski definition) is 2. The number of rotatable bonds is 6. The number of aliphatic imine (C=N–C) groups is 1. The Morgan fingerprint density at radius 2 is 2.19 bits per heavy atom. The van der Waals surface area contributed by atoms with E-state index in [0.29, 0.717) is 6.54 Å². The Kier molecular flexibility index (Phi) is 5.90. The normalized spacial score (nSPS) is 17.3. The zero-order valence-corrected chi connectivity index (χ0v) is 13.4. The van der Waals surface area contributed by atoms with Gasteiger partial charge in [-0.25, -0.2) is 4.99 Å².